The number of nitriles is 1. The molecule has 1 aromatic rings. The summed E-state index contributed by atoms with van der Waals surface area (Å²) in [6.45, 7) is 1.24. The van der Waals surface area contributed by atoms with Gasteiger partial charge in [-0.05, 0) is 37.8 Å². The highest BCUT2D eigenvalue weighted by Gasteiger charge is 2.17. The van der Waals surface area contributed by atoms with Gasteiger partial charge in [-0.2, -0.15) is 5.26 Å². The molecule has 0 amide bonds. The molecule has 0 saturated carbocycles. The fourth-order valence-corrected chi connectivity index (χ4v) is 2.22. The van der Waals surface area contributed by atoms with Crippen LogP contribution in [0.2, 0.25) is 0 Å². The SMILES string of the molecule is N#Cc1ccc(OCCCC2CCCO2)c([N+](=O)[O-])c1. The summed E-state index contributed by atoms with van der Waals surface area (Å²) in [6, 6.07) is 6.10. The van der Waals surface area contributed by atoms with Gasteiger partial charge in [-0.15, -0.1) is 0 Å². The molecule has 0 bridgehead atoms. The molecule has 6 heteroatoms. The normalized spacial score (nSPS) is 17.6. The van der Waals surface area contributed by atoms with E-state index in [1.165, 1.54) is 18.2 Å². The molecule has 1 aliphatic heterocycles. The van der Waals surface area contributed by atoms with E-state index < -0.39 is 4.92 Å². The zero-order valence-electron chi connectivity index (χ0n) is 11.1. The molecule has 1 aliphatic rings. The number of ether oxygens (including phenoxy) is 2. The Morgan fingerprint density at radius 3 is 3.05 bits per heavy atom. The zero-order valence-corrected chi connectivity index (χ0v) is 11.1. The predicted octanol–water partition coefficient (Wildman–Crippen LogP) is 2.80. The molecular formula is C14H16N2O4. The average molecular weight is 276 g/mol. The van der Waals surface area contributed by atoms with Crippen LogP contribution in [0.1, 0.15) is 31.2 Å². The molecule has 0 aromatic heterocycles. The second-order valence-electron chi connectivity index (χ2n) is 4.68. The number of benzene rings is 1. The van der Waals surface area contributed by atoms with E-state index in [1.807, 2.05) is 6.07 Å². The molecule has 20 heavy (non-hydrogen) atoms. The van der Waals surface area contributed by atoms with Gasteiger partial charge in [0.05, 0.1) is 29.3 Å². The largest absolute Gasteiger partial charge is 0.487 e. The third-order valence-electron chi connectivity index (χ3n) is 3.24. The monoisotopic (exact) mass is 276 g/mol. The lowest BCUT2D eigenvalue weighted by Gasteiger charge is -2.10. The molecule has 1 aromatic carbocycles. The third-order valence-corrected chi connectivity index (χ3v) is 3.24. The van der Waals surface area contributed by atoms with Crippen molar-refractivity contribution in [1.82, 2.24) is 0 Å². The summed E-state index contributed by atoms with van der Waals surface area (Å²) in [5, 5.41) is 19.7. The first-order valence-electron chi connectivity index (χ1n) is 6.63. The zero-order chi connectivity index (χ0) is 14.4. The lowest BCUT2D eigenvalue weighted by atomic mass is 10.1. The van der Waals surface area contributed by atoms with Gasteiger partial charge < -0.3 is 9.47 Å². The van der Waals surface area contributed by atoms with Crippen LogP contribution in [0, 0.1) is 21.4 Å². The Labute approximate surface area is 117 Å². The number of hydrogen-bond acceptors (Lipinski definition) is 5. The van der Waals surface area contributed by atoms with Crippen molar-refractivity contribution in [2.24, 2.45) is 0 Å². The van der Waals surface area contributed by atoms with Crippen LogP contribution in [-0.4, -0.2) is 24.2 Å². The minimum Gasteiger partial charge on any atom is -0.487 e. The first kappa shape index (κ1) is 14.3. The summed E-state index contributed by atoms with van der Waals surface area (Å²) in [6.07, 6.45) is 4.18. The second-order valence-corrected chi connectivity index (χ2v) is 4.68. The second kappa shape index (κ2) is 6.87. The van der Waals surface area contributed by atoms with Crippen LogP contribution in [0.3, 0.4) is 0 Å². The van der Waals surface area contributed by atoms with Crippen LogP contribution in [0.4, 0.5) is 5.69 Å². The maximum Gasteiger partial charge on any atom is 0.312 e. The van der Waals surface area contributed by atoms with E-state index in [-0.39, 0.29) is 17.0 Å². The summed E-state index contributed by atoms with van der Waals surface area (Å²) >= 11 is 0. The fraction of sp³-hybridized carbons (Fsp3) is 0.500. The van der Waals surface area contributed by atoms with Gasteiger partial charge in [-0.3, -0.25) is 10.1 Å². The summed E-state index contributed by atoms with van der Waals surface area (Å²) in [5.41, 5.74) is 0.0876. The van der Waals surface area contributed by atoms with Gasteiger partial charge in [0.1, 0.15) is 0 Å². The van der Waals surface area contributed by atoms with E-state index in [1.54, 1.807) is 0 Å². The molecule has 0 radical (unpaired) electrons. The number of hydrogen-bond donors (Lipinski definition) is 0. The van der Waals surface area contributed by atoms with Crippen molar-refractivity contribution in [2.75, 3.05) is 13.2 Å². The standard InChI is InChI=1S/C14H16N2O4/c15-10-11-5-6-14(13(9-11)16(17)18)20-8-2-4-12-3-1-7-19-12/h5-6,9,12H,1-4,7-8H2. The molecule has 0 N–H and O–H groups in total. The van der Waals surface area contributed by atoms with Gasteiger partial charge in [0.2, 0.25) is 0 Å². The maximum atomic E-state index is 10.9. The Bertz CT molecular complexity index is 518. The Morgan fingerprint density at radius 2 is 2.40 bits per heavy atom. The molecule has 106 valence electrons. The van der Waals surface area contributed by atoms with E-state index in [4.69, 9.17) is 14.7 Å². The molecule has 1 fully saturated rings. The predicted molar refractivity (Wildman–Crippen MR) is 71.5 cm³/mol. The number of rotatable bonds is 6. The smallest absolute Gasteiger partial charge is 0.312 e. The Balaban J connectivity index is 1.88. The van der Waals surface area contributed by atoms with Gasteiger partial charge in [-0.1, -0.05) is 0 Å². The van der Waals surface area contributed by atoms with Crippen molar-refractivity contribution in [2.45, 2.75) is 31.8 Å². The molecule has 1 atom stereocenters. The molecule has 1 saturated heterocycles. The summed E-state index contributed by atoms with van der Waals surface area (Å²) in [5.74, 6) is 0.210. The Morgan fingerprint density at radius 1 is 1.55 bits per heavy atom. The first-order chi connectivity index (χ1) is 9.70. The minimum atomic E-state index is -0.531. The van der Waals surface area contributed by atoms with E-state index in [0.29, 0.717) is 12.7 Å². The van der Waals surface area contributed by atoms with Gasteiger partial charge in [0, 0.05) is 12.7 Å². The van der Waals surface area contributed by atoms with E-state index in [9.17, 15) is 10.1 Å². The molecule has 0 spiro atoms. The number of nitro benzene ring substituents is 1. The minimum absolute atomic E-state index is 0.166. The lowest BCUT2D eigenvalue weighted by Crippen LogP contribution is -2.08. The topological polar surface area (TPSA) is 85.4 Å². The van der Waals surface area contributed by atoms with Gasteiger partial charge in [0.15, 0.2) is 5.75 Å². The average Bonchev–Trinajstić information content (AvgIpc) is 2.96. The summed E-state index contributed by atoms with van der Waals surface area (Å²) in [7, 11) is 0. The highest BCUT2D eigenvalue weighted by molar-refractivity contribution is 5.51. The van der Waals surface area contributed by atoms with Crippen molar-refractivity contribution >= 4 is 5.69 Å². The third kappa shape index (κ3) is 3.68. The summed E-state index contributed by atoms with van der Waals surface area (Å²) in [4.78, 5) is 10.4. The highest BCUT2D eigenvalue weighted by atomic mass is 16.6. The Hall–Kier alpha value is -2.13. The van der Waals surface area contributed by atoms with Crippen LogP contribution >= 0.6 is 0 Å². The van der Waals surface area contributed by atoms with Crippen LogP contribution in [0.15, 0.2) is 18.2 Å². The fourth-order valence-electron chi connectivity index (χ4n) is 2.22. The molecule has 1 unspecified atom stereocenters. The maximum absolute atomic E-state index is 10.9. The summed E-state index contributed by atoms with van der Waals surface area (Å²) < 4.78 is 10.9. The first-order valence-corrected chi connectivity index (χ1v) is 6.63. The van der Waals surface area contributed by atoms with Gasteiger partial charge in [0.25, 0.3) is 0 Å². The molecular weight excluding hydrogens is 260 g/mol. The lowest BCUT2D eigenvalue weighted by molar-refractivity contribution is -0.385. The highest BCUT2D eigenvalue weighted by Crippen LogP contribution is 2.28. The van der Waals surface area contributed by atoms with Crippen molar-refractivity contribution in [1.29, 1.82) is 5.26 Å². The molecule has 1 heterocycles. The van der Waals surface area contributed by atoms with E-state index in [0.717, 1.165) is 32.3 Å². The van der Waals surface area contributed by atoms with Crippen LogP contribution < -0.4 is 4.74 Å². The van der Waals surface area contributed by atoms with E-state index in [2.05, 4.69) is 0 Å². The van der Waals surface area contributed by atoms with E-state index >= 15 is 0 Å². The van der Waals surface area contributed by atoms with Gasteiger partial charge in [-0.25, -0.2) is 0 Å². The molecule has 0 aliphatic carbocycles. The van der Waals surface area contributed by atoms with Crippen LogP contribution in [0.25, 0.3) is 0 Å². The molecule has 2 rings (SSSR count). The van der Waals surface area contributed by atoms with Crippen LogP contribution in [0.5, 0.6) is 5.75 Å². The van der Waals surface area contributed by atoms with Crippen molar-refractivity contribution < 1.29 is 14.4 Å². The van der Waals surface area contributed by atoms with Crippen molar-refractivity contribution in [3.05, 3.63) is 33.9 Å². The molecule has 6 nitrogen and oxygen atoms in total. The number of nitrogens with zero attached hydrogens (tertiary/aromatic N) is 2. The van der Waals surface area contributed by atoms with Crippen molar-refractivity contribution in [3.8, 4) is 11.8 Å². The van der Waals surface area contributed by atoms with Crippen LogP contribution in [-0.2, 0) is 4.74 Å². The quantitative estimate of drug-likeness (QED) is 0.453. The number of nitro groups is 1. The van der Waals surface area contributed by atoms with Crippen molar-refractivity contribution in [3.63, 3.8) is 0 Å². The van der Waals surface area contributed by atoms with Gasteiger partial charge >= 0.3 is 5.69 Å². The Kier molecular flexibility index (Phi) is 4.91.